The maximum atomic E-state index is 12.2. The molecular weight excluding hydrogens is 370 g/mol. The van der Waals surface area contributed by atoms with E-state index in [1.807, 2.05) is 0 Å². The second kappa shape index (κ2) is 8.63. The van der Waals surface area contributed by atoms with Crippen LogP contribution in [0.5, 0.6) is 11.5 Å². The first-order chi connectivity index (χ1) is 13.1. The van der Waals surface area contributed by atoms with Crippen LogP contribution in [0.15, 0.2) is 50.7 Å². The Morgan fingerprint density at radius 3 is 2.59 bits per heavy atom. The van der Waals surface area contributed by atoms with Gasteiger partial charge in [0.2, 0.25) is 11.8 Å². The van der Waals surface area contributed by atoms with Crippen LogP contribution in [0, 0.1) is 0 Å². The van der Waals surface area contributed by atoms with Crippen LogP contribution in [0.4, 0.5) is 0 Å². The molecule has 1 aromatic carbocycles. The molecule has 0 saturated carbocycles. The largest absolute Gasteiger partial charge is 0.497 e. The Kier molecular flexibility index (Phi) is 6.02. The highest BCUT2D eigenvalue weighted by atomic mass is 32.2. The Labute approximate surface area is 160 Å². The Morgan fingerprint density at radius 2 is 1.96 bits per heavy atom. The fraction of sp³-hybridized carbons (Fsp3) is 0.278. The summed E-state index contributed by atoms with van der Waals surface area (Å²) >= 11 is 1.18. The molecule has 8 nitrogen and oxygen atoms in total. The minimum Gasteiger partial charge on any atom is -0.497 e. The number of methoxy groups -OCH3 is 2. The van der Waals surface area contributed by atoms with Crippen LogP contribution in [-0.2, 0) is 11.3 Å². The van der Waals surface area contributed by atoms with E-state index in [0.29, 0.717) is 40.5 Å². The van der Waals surface area contributed by atoms with E-state index in [1.54, 1.807) is 57.7 Å². The molecule has 0 saturated heterocycles. The molecule has 0 aliphatic heterocycles. The number of benzene rings is 1. The smallest absolute Gasteiger partial charge is 0.277 e. The molecule has 0 radical (unpaired) electrons. The maximum Gasteiger partial charge on any atom is 0.277 e. The Morgan fingerprint density at radius 1 is 1.22 bits per heavy atom. The molecule has 1 atom stereocenters. The molecule has 3 rings (SSSR count). The van der Waals surface area contributed by atoms with Gasteiger partial charge in [0.15, 0.2) is 0 Å². The third kappa shape index (κ3) is 4.82. The molecule has 0 unspecified atom stereocenters. The van der Waals surface area contributed by atoms with Crippen molar-refractivity contribution in [1.82, 2.24) is 15.5 Å². The number of nitrogens with one attached hydrogen (secondary N) is 1. The molecule has 0 fully saturated rings. The molecule has 1 amide bonds. The van der Waals surface area contributed by atoms with Crippen molar-refractivity contribution in [3.8, 4) is 23.0 Å². The van der Waals surface area contributed by atoms with Crippen LogP contribution < -0.4 is 14.8 Å². The minimum absolute atomic E-state index is 0.154. The van der Waals surface area contributed by atoms with Gasteiger partial charge in [0.05, 0.1) is 32.3 Å². The molecule has 9 heteroatoms. The quantitative estimate of drug-likeness (QED) is 0.587. The van der Waals surface area contributed by atoms with Crippen molar-refractivity contribution in [2.45, 2.75) is 23.9 Å². The number of hydrogen-bond acceptors (Lipinski definition) is 8. The average molecular weight is 389 g/mol. The lowest BCUT2D eigenvalue weighted by Crippen LogP contribution is -2.30. The van der Waals surface area contributed by atoms with Crippen LogP contribution in [0.1, 0.15) is 12.7 Å². The number of aromatic nitrogens is 2. The third-order valence-electron chi connectivity index (χ3n) is 3.67. The van der Waals surface area contributed by atoms with Gasteiger partial charge in [-0.3, -0.25) is 4.79 Å². The van der Waals surface area contributed by atoms with Gasteiger partial charge < -0.3 is 23.6 Å². The molecule has 3 aromatic rings. The summed E-state index contributed by atoms with van der Waals surface area (Å²) in [4.78, 5) is 12.2. The minimum atomic E-state index is -0.409. The lowest BCUT2D eigenvalue weighted by molar-refractivity contribution is -0.120. The van der Waals surface area contributed by atoms with Crippen molar-refractivity contribution in [2.75, 3.05) is 14.2 Å². The summed E-state index contributed by atoms with van der Waals surface area (Å²) in [6, 6.07) is 8.85. The number of carbonyl (C=O) groups is 1. The predicted octanol–water partition coefficient (Wildman–Crippen LogP) is 3.14. The van der Waals surface area contributed by atoms with Crippen LogP contribution in [0.3, 0.4) is 0 Å². The fourth-order valence-corrected chi connectivity index (χ4v) is 2.95. The van der Waals surface area contributed by atoms with E-state index in [2.05, 4.69) is 15.5 Å². The number of furan rings is 1. The zero-order valence-electron chi connectivity index (χ0n) is 15.1. The summed E-state index contributed by atoms with van der Waals surface area (Å²) in [5, 5.41) is 10.7. The zero-order chi connectivity index (χ0) is 19.2. The molecule has 0 aliphatic carbocycles. The van der Waals surface area contributed by atoms with Gasteiger partial charge in [0.25, 0.3) is 5.22 Å². The van der Waals surface area contributed by atoms with Gasteiger partial charge in [0.1, 0.15) is 17.3 Å². The number of ether oxygens (including phenoxy) is 2. The summed E-state index contributed by atoms with van der Waals surface area (Å²) in [6.07, 6.45) is 1.56. The SMILES string of the molecule is COc1cc(OC)cc(-c2nnc(S[C@H](C)C(=O)NCc3ccco3)o2)c1. The number of amides is 1. The van der Waals surface area contributed by atoms with Gasteiger partial charge in [-0.05, 0) is 31.2 Å². The Balaban J connectivity index is 1.64. The number of hydrogen-bond donors (Lipinski definition) is 1. The van der Waals surface area contributed by atoms with Crippen LogP contribution in [0.25, 0.3) is 11.5 Å². The lowest BCUT2D eigenvalue weighted by atomic mass is 10.2. The highest BCUT2D eigenvalue weighted by Crippen LogP contribution is 2.31. The molecular formula is C18H19N3O5S. The number of rotatable bonds is 8. The normalized spacial score (nSPS) is 11.8. The van der Waals surface area contributed by atoms with E-state index >= 15 is 0 Å². The summed E-state index contributed by atoms with van der Waals surface area (Å²) in [5.74, 6) is 2.08. The lowest BCUT2D eigenvalue weighted by Gasteiger charge is -2.08. The van der Waals surface area contributed by atoms with Crippen molar-refractivity contribution in [3.05, 3.63) is 42.4 Å². The molecule has 1 N–H and O–H groups in total. The van der Waals surface area contributed by atoms with Gasteiger partial charge >= 0.3 is 0 Å². The van der Waals surface area contributed by atoms with E-state index in [4.69, 9.17) is 18.3 Å². The van der Waals surface area contributed by atoms with Crippen molar-refractivity contribution in [2.24, 2.45) is 0 Å². The van der Waals surface area contributed by atoms with Gasteiger partial charge in [-0.15, -0.1) is 10.2 Å². The summed E-state index contributed by atoms with van der Waals surface area (Å²) < 4.78 is 21.3. The highest BCUT2D eigenvalue weighted by molar-refractivity contribution is 8.00. The Bertz CT molecular complexity index is 872. The van der Waals surface area contributed by atoms with Gasteiger partial charge in [-0.2, -0.15) is 0 Å². The Hall–Kier alpha value is -2.94. The van der Waals surface area contributed by atoms with Crippen molar-refractivity contribution >= 4 is 17.7 Å². The third-order valence-corrected chi connectivity index (χ3v) is 4.60. The standard InChI is InChI=1S/C18H19N3O5S/c1-11(16(22)19-10-13-5-4-6-25-13)27-18-21-20-17(26-18)12-7-14(23-2)9-15(8-12)24-3/h4-9,11H,10H2,1-3H3,(H,19,22)/t11-/m1/s1. The van der Waals surface area contributed by atoms with Gasteiger partial charge in [0, 0.05) is 11.6 Å². The first kappa shape index (κ1) is 18.8. The summed E-state index contributed by atoms with van der Waals surface area (Å²) in [6.45, 7) is 2.09. The average Bonchev–Trinajstić information content (AvgIpc) is 3.37. The van der Waals surface area contributed by atoms with Crippen LogP contribution >= 0.6 is 11.8 Å². The molecule has 142 valence electrons. The molecule has 2 aromatic heterocycles. The van der Waals surface area contributed by atoms with E-state index < -0.39 is 5.25 Å². The molecule has 0 aliphatic rings. The number of carbonyl (C=O) groups excluding carboxylic acids is 1. The predicted molar refractivity (Wildman–Crippen MR) is 98.7 cm³/mol. The van der Waals surface area contributed by atoms with Crippen LogP contribution in [0.2, 0.25) is 0 Å². The zero-order valence-corrected chi connectivity index (χ0v) is 15.9. The second-order valence-corrected chi connectivity index (χ2v) is 6.82. The van der Waals surface area contributed by atoms with E-state index in [1.165, 1.54) is 11.8 Å². The van der Waals surface area contributed by atoms with Crippen molar-refractivity contribution in [3.63, 3.8) is 0 Å². The van der Waals surface area contributed by atoms with Gasteiger partial charge in [-0.1, -0.05) is 11.8 Å². The molecule has 0 bridgehead atoms. The summed E-state index contributed by atoms with van der Waals surface area (Å²) in [5.41, 5.74) is 0.667. The van der Waals surface area contributed by atoms with Crippen molar-refractivity contribution < 1.29 is 23.1 Å². The highest BCUT2D eigenvalue weighted by Gasteiger charge is 2.19. The second-order valence-electron chi connectivity index (χ2n) is 5.53. The topological polar surface area (TPSA) is 99.6 Å². The fourth-order valence-electron chi connectivity index (χ4n) is 2.24. The number of thioether (sulfide) groups is 1. The van der Waals surface area contributed by atoms with Gasteiger partial charge in [-0.25, -0.2) is 0 Å². The monoisotopic (exact) mass is 389 g/mol. The molecule has 2 heterocycles. The first-order valence-electron chi connectivity index (χ1n) is 8.12. The molecule has 0 spiro atoms. The van der Waals surface area contributed by atoms with Crippen LogP contribution in [-0.4, -0.2) is 35.6 Å². The van der Waals surface area contributed by atoms with E-state index in [0.717, 1.165) is 0 Å². The molecule has 27 heavy (non-hydrogen) atoms. The first-order valence-corrected chi connectivity index (χ1v) is 9.00. The van der Waals surface area contributed by atoms with E-state index in [-0.39, 0.29) is 5.91 Å². The summed E-state index contributed by atoms with van der Waals surface area (Å²) in [7, 11) is 3.13. The number of nitrogens with zero attached hydrogens (tertiary/aromatic N) is 2. The van der Waals surface area contributed by atoms with Crippen molar-refractivity contribution in [1.29, 1.82) is 0 Å². The van der Waals surface area contributed by atoms with E-state index in [9.17, 15) is 4.79 Å². The maximum absolute atomic E-state index is 12.2.